The van der Waals surface area contributed by atoms with Gasteiger partial charge in [0, 0.05) is 24.5 Å². The third-order valence-corrected chi connectivity index (χ3v) is 6.01. The molecule has 35 heavy (non-hydrogen) atoms. The van der Waals surface area contributed by atoms with Gasteiger partial charge in [-0.2, -0.15) is 0 Å². The van der Waals surface area contributed by atoms with Crippen LogP contribution in [-0.4, -0.2) is 33.3 Å². The molecule has 1 aromatic heterocycles. The number of hydrogen-bond acceptors (Lipinski definition) is 5. The first-order valence-corrected chi connectivity index (χ1v) is 11.6. The van der Waals surface area contributed by atoms with E-state index in [1.165, 1.54) is 29.2 Å². The quantitative estimate of drug-likeness (QED) is 0.207. The molecule has 1 amide bonds. The molecule has 4 rings (SSSR count). The number of hydrogen-bond donors (Lipinski definition) is 1. The number of aliphatic hydroxyl groups excluding tert-OH is 1. The third kappa shape index (κ3) is 5.09. The van der Waals surface area contributed by atoms with E-state index >= 15 is 0 Å². The lowest BCUT2D eigenvalue weighted by molar-refractivity contribution is -0.140. The van der Waals surface area contributed by atoms with Gasteiger partial charge in [0.05, 0.1) is 18.2 Å². The number of aliphatic hydroxyl groups is 1. The molecule has 0 spiro atoms. The number of aryl methyl sites for hydroxylation is 1. The molecule has 2 aromatic carbocycles. The smallest absolute Gasteiger partial charge is 0.295 e. The maximum absolute atomic E-state index is 13.7. The van der Waals surface area contributed by atoms with Crippen LogP contribution >= 0.6 is 0 Å². The second-order valence-corrected chi connectivity index (χ2v) is 8.52. The summed E-state index contributed by atoms with van der Waals surface area (Å²) in [4.78, 5) is 31.7. The van der Waals surface area contributed by atoms with Gasteiger partial charge in [0.15, 0.2) is 0 Å². The van der Waals surface area contributed by atoms with Crippen molar-refractivity contribution in [3.05, 3.63) is 101 Å². The van der Waals surface area contributed by atoms with Crippen LogP contribution in [0.1, 0.15) is 48.1 Å². The highest BCUT2D eigenvalue weighted by Crippen LogP contribution is 2.40. The van der Waals surface area contributed by atoms with Gasteiger partial charge in [-0.15, -0.1) is 0 Å². The average Bonchev–Trinajstić information content (AvgIpc) is 3.10. The topological polar surface area (TPSA) is 79.7 Å². The van der Waals surface area contributed by atoms with Gasteiger partial charge in [-0.3, -0.25) is 14.6 Å². The number of pyridine rings is 1. The molecule has 1 aliphatic rings. The monoisotopic (exact) mass is 474 g/mol. The summed E-state index contributed by atoms with van der Waals surface area (Å²) in [6.07, 6.45) is 5.18. The highest BCUT2D eigenvalue weighted by molar-refractivity contribution is 6.46. The zero-order valence-corrected chi connectivity index (χ0v) is 19.7. The Kier molecular flexibility index (Phi) is 7.25. The van der Waals surface area contributed by atoms with Crippen LogP contribution in [0.4, 0.5) is 4.39 Å². The molecule has 0 unspecified atom stereocenters. The molecule has 3 aromatic rings. The Bertz CT molecular complexity index is 1260. The van der Waals surface area contributed by atoms with Gasteiger partial charge in [0.1, 0.15) is 17.3 Å². The van der Waals surface area contributed by atoms with Gasteiger partial charge in [0.2, 0.25) is 0 Å². The first kappa shape index (κ1) is 24.1. The Balaban J connectivity index is 1.77. The van der Waals surface area contributed by atoms with E-state index in [2.05, 4.69) is 11.9 Å². The van der Waals surface area contributed by atoms with E-state index in [4.69, 9.17) is 4.74 Å². The van der Waals surface area contributed by atoms with E-state index in [1.807, 2.05) is 6.92 Å². The van der Waals surface area contributed by atoms with Crippen molar-refractivity contribution in [2.45, 2.75) is 39.3 Å². The fraction of sp³-hybridized carbons (Fsp3) is 0.250. The van der Waals surface area contributed by atoms with Crippen molar-refractivity contribution in [2.75, 3.05) is 6.61 Å². The minimum atomic E-state index is -0.878. The molecule has 1 atom stereocenters. The van der Waals surface area contributed by atoms with E-state index < -0.39 is 23.5 Å². The summed E-state index contributed by atoms with van der Waals surface area (Å²) in [6, 6.07) is 13.4. The molecule has 1 saturated heterocycles. The van der Waals surface area contributed by atoms with Crippen LogP contribution < -0.4 is 4.74 Å². The minimum Gasteiger partial charge on any atom is -0.507 e. The number of ether oxygens (including phenoxy) is 1. The summed E-state index contributed by atoms with van der Waals surface area (Å²) in [7, 11) is 0. The predicted molar refractivity (Wildman–Crippen MR) is 130 cm³/mol. The molecule has 1 fully saturated rings. The molecule has 2 heterocycles. The Morgan fingerprint density at radius 2 is 1.91 bits per heavy atom. The van der Waals surface area contributed by atoms with E-state index in [9.17, 15) is 19.1 Å². The Labute approximate surface area is 203 Å². The zero-order chi connectivity index (χ0) is 24.9. The first-order valence-electron chi connectivity index (χ1n) is 11.6. The van der Waals surface area contributed by atoms with Crippen LogP contribution in [0.2, 0.25) is 0 Å². The third-order valence-electron chi connectivity index (χ3n) is 6.01. The lowest BCUT2D eigenvalue weighted by Gasteiger charge is -2.25. The first-order chi connectivity index (χ1) is 16.9. The number of carbonyl (C=O) groups is 2. The van der Waals surface area contributed by atoms with E-state index in [0.29, 0.717) is 23.5 Å². The molecule has 1 N–H and O–H groups in total. The summed E-state index contributed by atoms with van der Waals surface area (Å²) >= 11 is 0. The molecule has 180 valence electrons. The van der Waals surface area contributed by atoms with Crippen LogP contribution in [0.5, 0.6) is 5.75 Å². The van der Waals surface area contributed by atoms with Crippen molar-refractivity contribution in [1.82, 2.24) is 9.88 Å². The number of ketones is 1. The van der Waals surface area contributed by atoms with Crippen LogP contribution in [0.3, 0.4) is 0 Å². The second kappa shape index (κ2) is 10.5. The summed E-state index contributed by atoms with van der Waals surface area (Å²) < 4.78 is 19.4. The van der Waals surface area contributed by atoms with Gasteiger partial charge in [0.25, 0.3) is 11.7 Å². The summed E-state index contributed by atoms with van der Waals surface area (Å²) in [5.74, 6) is -1.55. The Hall–Kier alpha value is -4.00. The van der Waals surface area contributed by atoms with Gasteiger partial charge in [-0.25, -0.2) is 4.39 Å². The maximum atomic E-state index is 13.7. The van der Waals surface area contributed by atoms with Crippen LogP contribution in [0, 0.1) is 12.7 Å². The van der Waals surface area contributed by atoms with Crippen molar-refractivity contribution in [1.29, 1.82) is 0 Å². The van der Waals surface area contributed by atoms with Gasteiger partial charge < -0.3 is 14.7 Å². The molecule has 6 nitrogen and oxygen atoms in total. The molecule has 0 radical (unpaired) electrons. The number of benzene rings is 2. The normalized spacial score (nSPS) is 17.1. The highest BCUT2D eigenvalue weighted by atomic mass is 19.1. The standard InChI is InChI=1S/C28H27FN2O4/c1-3-4-14-35-23-12-9-21(15-18(23)2)26(32)24-25(20-7-10-22(29)11-8-20)31(28(34)27(24)33)17-19-6-5-13-30-16-19/h5-13,15-16,25,32H,3-4,14,17H2,1-2H3/t25-/m0/s1. The average molecular weight is 475 g/mol. The SMILES string of the molecule is CCCCOc1ccc(C(O)=C2C(=O)C(=O)N(Cc3cccnc3)[C@H]2c2ccc(F)cc2)cc1C. The second-order valence-electron chi connectivity index (χ2n) is 8.52. The molecular formula is C28H27FN2O4. The van der Waals surface area contributed by atoms with Crippen molar-refractivity contribution < 1.29 is 23.8 Å². The zero-order valence-electron chi connectivity index (χ0n) is 19.7. The largest absolute Gasteiger partial charge is 0.507 e. The number of unbranched alkanes of at least 4 members (excludes halogenated alkanes) is 1. The molecule has 0 aliphatic carbocycles. The van der Waals surface area contributed by atoms with E-state index in [1.54, 1.807) is 42.7 Å². The van der Waals surface area contributed by atoms with Crippen molar-refractivity contribution in [2.24, 2.45) is 0 Å². The van der Waals surface area contributed by atoms with E-state index in [0.717, 1.165) is 24.0 Å². The Morgan fingerprint density at radius 1 is 1.14 bits per heavy atom. The van der Waals surface area contributed by atoms with Gasteiger partial charge in [-0.1, -0.05) is 31.5 Å². The molecular weight excluding hydrogens is 447 g/mol. The van der Waals surface area contributed by atoms with Crippen LogP contribution in [-0.2, 0) is 16.1 Å². The van der Waals surface area contributed by atoms with Crippen LogP contribution in [0.15, 0.2) is 72.6 Å². The minimum absolute atomic E-state index is 0.0375. The number of Topliss-reactive ketones (excluding diaryl/α,β-unsaturated/α-hetero) is 1. The lowest BCUT2D eigenvalue weighted by Crippen LogP contribution is -2.29. The lowest BCUT2D eigenvalue weighted by atomic mass is 9.94. The fourth-order valence-electron chi connectivity index (χ4n) is 4.16. The van der Waals surface area contributed by atoms with Crippen molar-refractivity contribution in [3.8, 4) is 5.75 Å². The molecule has 0 bridgehead atoms. The van der Waals surface area contributed by atoms with Crippen molar-refractivity contribution in [3.63, 3.8) is 0 Å². The Morgan fingerprint density at radius 3 is 2.57 bits per heavy atom. The summed E-state index contributed by atoms with van der Waals surface area (Å²) in [5.41, 5.74) is 2.41. The molecule has 7 heteroatoms. The van der Waals surface area contributed by atoms with E-state index in [-0.39, 0.29) is 17.9 Å². The molecule has 0 saturated carbocycles. The van der Waals surface area contributed by atoms with Gasteiger partial charge in [-0.05, 0) is 66.4 Å². The number of amides is 1. The molecule has 1 aliphatic heterocycles. The number of rotatable bonds is 8. The highest BCUT2D eigenvalue weighted by Gasteiger charge is 2.46. The number of aromatic nitrogens is 1. The number of likely N-dealkylation sites (tertiary alicyclic amines) is 1. The predicted octanol–water partition coefficient (Wildman–Crippen LogP) is 5.33. The van der Waals surface area contributed by atoms with Crippen molar-refractivity contribution >= 4 is 17.4 Å². The van der Waals surface area contributed by atoms with Crippen LogP contribution in [0.25, 0.3) is 5.76 Å². The number of carbonyl (C=O) groups excluding carboxylic acids is 2. The maximum Gasteiger partial charge on any atom is 0.295 e. The number of nitrogens with zero attached hydrogens (tertiary/aromatic N) is 2. The summed E-state index contributed by atoms with van der Waals surface area (Å²) in [6.45, 7) is 4.64. The fourth-order valence-corrected chi connectivity index (χ4v) is 4.16. The number of halogens is 1. The van der Waals surface area contributed by atoms with Gasteiger partial charge >= 0.3 is 0 Å². The summed E-state index contributed by atoms with van der Waals surface area (Å²) in [5, 5.41) is 11.3.